The Balaban J connectivity index is 3.13. The van der Waals surface area contributed by atoms with E-state index >= 15 is 0 Å². The molecule has 1 unspecified atom stereocenters. The molecule has 0 aliphatic rings. The van der Waals surface area contributed by atoms with E-state index in [1.54, 1.807) is 13.8 Å². The first-order valence-electron chi connectivity index (χ1n) is 5.70. The molecule has 0 aliphatic carbocycles. The van der Waals surface area contributed by atoms with Crippen molar-refractivity contribution < 1.29 is 10.0 Å². The first-order valence-corrected chi connectivity index (χ1v) is 8.08. The third-order valence-electron chi connectivity index (χ3n) is 3.13. The van der Waals surface area contributed by atoms with Gasteiger partial charge in [0.05, 0.1) is 5.69 Å². The number of anilines is 1. The normalized spacial score (nSPS) is 14.8. The summed E-state index contributed by atoms with van der Waals surface area (Å²) in [4.78, 5) is 12.4. The van der Waals surface area contributed by atoms with Crippen LogP contribution < -0.4 is 11.1 Å². The third kappa shape index (κ3) is 3.53. The predicted octanol–water partition coefficient (Wildman–Crippen LogP) is 4.08. The number of amides is 1. The van der Waals surface area contributed by atoms with Gasteiger partial charge in [0.1, 0.15) is 5.41 Å². The van der Waals surface area contributed by atoms with Crippen LogP contribution in [-0.4, -0.2) is 17.0 Å². The number of benzene rings is 1. The maximum absolute atomic E-state index is 12.4. The molecule has 0 aromatic heterocycles. The van der Waals surface area contributed by atoms with Gasteiger partial charge in [-0.2, -0.15) is 0 Å². The SMILES string of the molecule is CCC(C)(C(=O)Nc1c(Br)cc(Br)cc1Br)C(N)=NO. The standard InChI is InChI=1S/C12H14Br3N3O2/c1-3-12(2,10(16)18-20)11(19)17-9-7(14)4-6(13)5-8(9)15/h4-5,20H,3H2,1-2H3,(H2,16,18)(H,17,19). The van der Waals surface area contributed by atoms with Crippen molar-refractivity contribution in [2.75, 3.05) is 5.32 Å². The van der Waals surface area contributed by atoms with E-state index in [1.165, 1.54) is 0 Å². The number of hydrogen-bond donors (Lipinski definition) is 3. The van der Waals surface area contributed by atoms with Gasteiger partial charge in [-0.1, -0.05) is 28.0 Å². The van der Waals surface area contributed by atoms with Crippen LogP contribution in [0.15, 0.2) is 30.7 Å². The Kier molecular flexibility index (Phi) is 6.03. The van der Waals surface area contributed by atoms with Gasteiger partial charge in [-0.05, 0) is 57.3 Å². The molecule has 0 radical (unpaired) electrons. The van der Waals surface area contributed by atoms with Crippen molar-refractivity contribution in [1.82, 2.24) is 0 Å². The molecule has 0 aliphatic heterocycles. The monoisotopic (exact) mass is 469 g/mol. The molecule has 0 fully saturated rings. The zero-order valence-electron chi connectivity index (χ0n) is 10.9. The number of carbonyl (C=O) groups excluding carboxylic acids is 1. The molecule has 0 heterocycles. The van der Waals surface area contributed by atoms with E-state index in [0.29, 0.717) is 21.1 Å². The molecular formula is C12H14Br3N3O2. The molecule has 20 heavy (non-hydrogen) atoms. The lowest BCUT2D eigenvalue weighted by Crippen LogP contribution is -2.44. The van der Waals surface area contributed by atoms with Crippen LogP contribution in [0.25, 0.3) is 0 Å². The molecule has 0 saturated carbocycles. The molecule has 1 rings (SSSR count). The van der Waals surface area contributed by atoms with Crippen LogP contribution in [0, 0.1) is 5.41 Å². The van der Waals surface area contributed by atoms with Gasteiger partial charge in [-0.25, -0.2) is 0 Å². The highest BCUT2D eigenvalue weighted by Crippen LogP contribution is 2.35. The highest BCUT2D eigenvalue weighted by atomic mass is 79.9. The number of rotatable bonds is 4. The second-order valence-electron chi connectivity index (χ2n) is 4.37. The topological polar surface area (TPSA) is 87.7 Å². The summed E-state index contributed by atoms with van der Waals surface area (Å²) >= 11 is 10.1. The Morgan fingerprint density at radius 3 is 2.30 bits per heavy atom. The van der Waals surface area contributed by atoms with Gasteiger partial charge in [0, 0.05) is 13.4 Å². The van der Waals surface area contributed by atoms with Crippen molar-refractivity contribution in [2.24, 2.45) is 16.3 Å². The number of nitrogens with zero attached hydrogens (tertiary/aromatic N) is 1. The van der Waals surface area contributed by atoms with E-state index in [-0.39, 0.29) is 11.7 Å². The van der Waals surface area contributed by atoms with Crippen molar-refractivity contribution in [3.05, 3.63) is 25.6 Å². The number of amidine groups is 1. The lowest BCUT2D eigenvalue weighted by Gasteiger charge is -2.25. The van der Waals surface area contributed by atoms with Crippen LogP contribution in [0.5, 0.6) is 0 Å². The minimum absolute atomic E-state index is 0.123. The number of halogens is 3. The van der Waals surface area contributed by atoms with Gasteiger partial charge in [-0.3, -0.25) is 4.79 Å². The lowest BCUT2D eigenvalue weighted by atomic mass is 9.85. The van der Waals surface area contributed by atoms with Crippen molar-refractivity contribution in [2.45, 2.75) is 20.3 Å². The van der Waals surface area contributed by atoms with Crippen LogP contribution >= 0.6 is 47.8 Å². The van der Waals surface area contributed by atoms with E-state index in [9.17, 15) is 4.79 Å². The van der Waals surface area contributed by atoms with Crippen LogP contribution in [0.2, 0.25) is 0 Å². The van der Waals surface area contributed by atoms with Crippen molar-refractivity contribution in [3.8, 4) is 0 Å². The molecule has 1 aromatic carbocycles. The summed E-state index contributed by atoms with van der Waals surface area (Å²) in [6.45, 7) is 3.42. The Labute approximate surface area is 142 Å². The van der Waals surface area contributed by atoms with Crippen molar-refractivity contribution >= 4 is 65.2 Å². The molecule has 4 N–H and O–H groups in total. The highest BCUT2D eigenvalue weighted by molar-refractivity contribution is 9.11. The summed E-state index contributed by atoms with van der Waals surface area (Å²) < 4.78 is 2.29. The molecule has 1 atom stereocenters. The van der Waals surface area contributed by atoms with Crippen LogP contribution in [0.1, 0.15) is 20.3 Å². The molecule has 0 spiro atoms. The molecule has 1 aromatic rings. The largest absolute Gasteiger partial charge is 0.409 e. The second kappa shape index (κ2) is 6.91. The van der Waals surface area contributed by atoms with E-state index in [4.69, 9.17) is 10.9 Å². The van der Waals surface area contributed by atoms with E-state index in [2.05, 4.69) is 58.3 Å². The van der Waals surface area contributed by atoms with Crippen LogP contribution in [0.4, 0.5) is 5.69 Å². The lowest BCUT2D eigenvalue weighted by molar-refractivity contribution is -0.121. The molecule has 110 valence electrons. The van der Waals surface area contributed by atoms with Crippen LogP contribution in [-0.2, 0) is 4.79 Å². The van der Waals surface area contributed by atoms with Gasteiger partial charge in [-0.15, -0.1) is 0 Å². The quantitative estimate of drug-likeness (QED) is 0.267. The van der Waals surface area contributed by atoms with Gasteiger partial charge in [0.2, 0.25) is 5.91 Å². The summed E-state index contributed by atoms with van der Waals surface area (Å²) in [5.74, 6) is -0.471. The Hall–Kier alpha value is -0.600. The fourth-order valence-corrected chi connectivity index (χ4v) is 3.94. The average Bonchev–Trinajstić information content (AvgIpc) is 2.40. The third-order valence-corrected chi connectivity index (χ3v) is 4.84. The Bertz CT molecular complexity index is 540. The van der Waals surface area contributed by atoms with Gasteiger partial charge in [0.15, 0.2) is 5.84 Å². The highest BCUT2D eigenvalue weighted by Gasteiger charge is 2.37. The zero-order valence-corrected chi connectivity index (χ0v) is 15.6. The molecule has 5 nitrogen and oxygen atoms in total. The minimum atomic E-state index is -1.08. The number of nitrogens with one attached hydrogen (secondary N) is 1. The smallest absolute Gasteiger partial charge is 0.238 e. The Morgan fingerprint density at radius 1 is 1.40 bits per heavy atom. The molecule has 0 saturated heterocycles. The molecule has 1 amide bonds. The van der Waals surface area contributed by atoms with E-state index < -0.39 is 5.41 Å². The molecular weight excluding hydrogens is 458 g/mol. The maximum Gasteiger partial charge on any atom is 0.238 e. The number of nitrogens with two attached hydrogens (primary N) is 1. The predicted molar refractivity (Wildman–Crippen MR) is 90.0 cm³/mol. The van der Waals surface area contributed by atoms with E-state index in [0.717, 1.165) is 4.47 Å². The Morgan fingerprint density at radius 2 is 1.90 bits per heavy atom. The van der Waals surface area contributed by atoms with Gasteiger partial charge in [0.25, 0.3) is 0 Å². The fraction of sp³-hybridized carbons (Fsp3) is 0.333. The average molecular weight is 472 g/mol. The van der Waals surface area contributed by atoms with Gasteiger partial charge < -0.3 is 16.3 Å². The number of hydrogen-bond acceptors (Lipinski definition) is 3. The number of carbonyl (C=O) groups is 1. The summed E-state index contributed by atoms with van der Waals surface area (Å²) in [6, 6.07) is 3.63. The van der Waals surface area contributed by atoms with Gasteiger partial charge >= 0.3 is 0 Å². The summed E-state index contributed by atoms with van der Waals surface area (Å²) in [5, 5.41) is 14.6. The van der Waals surface area contributed by atoms with Crippen LogP contribution in [0.3, 0.4) is 0 Å². The van der Waals surface area contributed by atoms with Crippen molar-refractivity contribution in [3.63, 3.8) is 0 Å². The van der Waals surface area contributed by atoms with Crippen molar-refractivity contribution in [1.29, 1.82) is 0 Å². The maximum atomic E-state index is 12.4. The fourth-order valence-electron chi connectivity index (χ4n) is 1.48. The minimum Gasteiger partial charge on any atom is -0.409 e. The summed E-state index contributed by atoms with van der Waals surface area (Å²) in [6.07, 6.45) is 0.403. The van der Waals surface area contributed by atoms with E-state index in [1.807, 2.05) is 12.1 Å². The first-order chi connectivity index (χ1) is 9.26. The summed E-state index contributed by atoms with van der Waals surface area (Å²) in [5.41, 5.74) is 5.13. The molecule has 8 heteroatoms. The molecule has 0 bridgehead atoms. The number of oxime groups is 1. The first kappa shape index (κ1) is 17.5. The second-order valence-corrected chi connectivity index (χ2v) is 6.99. The zero-order chi connectivity index (χ0) is 15.5. The summed E-state index contributed by atoms with van der Waals surface area (Å²) in [7, 11) is 0.